The number of hydrogen-bond acceptors (Lipinski definition) is 3. The van der Waals surface area contributed by atoms with E-state index < -0.39 is 0 Å². The molecule has 0 spiro atoms. The number of aryl methyl sites for hydroxylation is 2. The van der Waals surface area contributed by atoms with Crippen LogP contribution in [0.2, 0.25) is 5.15 Å². The standard InChI is InChI=1S/C12H17ClN2O/c1-8-9(2)15-12(11(13)14-8)16-7-10-5-3-4-6-10/h10H,3-7H2,1-2H3. The molecule has 0 N–H and O–H groups in total. The van der Waals surface area contributed by atoms with E-state index in [1.165, 1.54) is 25.7 Å². The first-order valence-electron chi connectivity index (χ1n) is 5.80. The lowest BCUT2D eigenvalue weighted by Crippen LogP contribution is -2.10. The van der Waals surface area contributed by atoms with Crippen LogP contribution >= 0.6 is 11.6 Å². The number of halogens is 1. The molecule has 0 radical (unpaired) electrons. The van der Waals surface area contributed by atoms with Crippen molar-refractivity contribution in [3.05, 3.63) is 16.5 Å². The highest BCUT2D eigenvalue weighted by Gasteiger charge is 2.17. The fraction of sp³-hybridized carbons (Fsp3) is 0.667. The van der Waals surface area contributed by atoms with Gasteiger partial charge < -0.3 is 4.74 Å². The largest absolute Gasteiger partial charge is 0.475 e. The van der Waals surface area contributed by atoms with E-state index in [4.69, 9.17) is 16.3 Å². The van der Waals surface area contributed by atoms with Crippen molar-refractivity contribution in [2.45, 2.75) is 39.5 Å². The summed E-state index contributed by atoms with van der Waals surface area (Å²) in [6, 6.07) is 0. The van der Waals surface area contributed by atoms with Crippen LogP contribution in [0.25, 0.3) is 0 Å². The van der Waals surface area contributed by atoms with Gasteiger partial charge in [0.15, 0.2) is 5.15 Å². The van der Waals surface area contributed by atoms with E-state index >= 15 is 0 Å². The van der Waals surface area contributed by atoms with Crippen LogP contribution < -0.4 is 4.74 Å². The molecule has 1 saturated carbocycles. The van der Waals surface area contributed by atoms with Crippen molar-refractivity contribution in [1.82, 2.24) is 9.97 Å². The maximum Gasteiger partial charge on any atom is 0.252 e. The van der Waals surface area contributed by atoms with E-state index in [9.17, 15) is 0 Å². The van der Waals surface area contributed by atoms with Gasteiger partial charge in [0.05, 0.1) is 18.0 Å². The lowest BCUT2D eigenvalue weighted by Gasteiger charge is -2.12. The molecule has 0 saturated heterocycles. The molecular formula is C12H17ClN2O. The third-order valence-electron chi connectivity index (χ3n) is 3.17. The molecule has 4 heteroatoms. The number of aromatic nitrogens is 2. The van der Waals surface area contributed by atoms with Crippen LogP contribution in [0.4, 0.5) is 0 Å². The molecule has 16 heavy (non-hydrogen) atoms. The molecule has 0 unspecified atom stereocenters. The van der Waals surface area contributed by atoms with Crippen LogP contribution in [0.5, 0.6) is 5.88 Å². The van der Waals surface area contributed by atoms with Gasteiger partial charge in [0, 0.05) is 0 Å². The Labute approximate surface area is 101 Å². The van der Waals surface area contributed by atoms with E-state index in [0.717, 1.165) is 18.0 Å². The second-order valence-electron chi connectivity index (χ2n) is 4.45. The highest BCUT2D eigenvalue weighted by molar-refractivity contribution is 6.30. The maximum atomic E-state index is 5.99. The van der Waals surface area contributed by atoms with Crippen LogP contribution in [-0.4, -0.2) is 16.6 Å². The van der Waals surface area contributed by atoms with Crippen LogP contribution in [0.15, 0.2) is 0 Å². The van der Waals surface area contributed by atoms with E-state index in [0.29, 0.717) is 17.0 Å². The molecule has 0 amide bonds. The van der Waals surface area contributed by atoms with E-state index in [1.807, 2.05) is 13.8 Å². The van der Waals surface area contributed by atoms with Crippen LogP contribution in [0.1, 0.15) is 37.1 Å². The topological polar surface area (TPSA) is 35.0 Å². The summed E-state index contributed by atoms with van der Waals surface area (Å²) >= 11 is 5.99. The monoisotopic (exact) mass is 240 g/mol. The lowest BCUT2D eigenvalue weighted by molar-refractivity contribution is 0.242. The molecule has 1 fully saturated rings. The molecule has 0 aliphatic heterocycles. The molecule has 1 aliphatic carbocycles. The van der Waals surface area contributed by atoms with Gasteiger partial charge in [0.25, 0.3) is 5.88 Å². The summed E-state index contributed by atoms with van der Waals surface area (Å²) in [5.74, 6) is 1.15. The molecule has 2 rings (SSSR count). The molecule has 1 aliphatic rings. The average Bonchev–Trinajstić information content (AvgIpc) is 2.74. The summed E-state index contributed by atoms with van der Waals surface area (Å²) in [5, 5.41) is 0.376. The number of rotatable bonds is 3. The number of ether oxygens (including phenoxy) is 1. The minimum atomic E-state index is 0.376. The van der Waals surface area contributed by atoms with Crippen molar-refractivity contribution in [2.24, 2.45) is 5.92 Å². The summed E-state index contributed by atoms with van der Waals surface area (Å²) in [4.78, 5) is 8.51. The lowest BCUT2D eigenvalue weighted by atomic mass is 10.1. The first kappa shape index (κ1) is 11.6. The van der Waals surface area contributed by atoms with E-state index in [2.05, 4.69) is 9.97 Å². The van der Waals surface area contributed by atoms with Crippen molar-refractivity contribution in [3.63, 3.8) is 0 Å². The molecule has 0 aromatic carbocycles. The Kier molecular flexibility index (Phi) is 3.64. The van der Waals surface area contributed by atoms with Gasteiger partial charge in [-0.2, -0.15) is 0 Å². The van der Waals surface area contributed by atoms with Gasteiger partial charge in [-0.15, -0.1) is 0 Å². The molecule has 1 heterocycles. The summed E-state index contributed by atoms with van der Waals surface area (Å²) in [5.41, 5.74) is 1.74. The van der Waals surface area contributed by atoms with Crippen molar-refractivity contribution < 1.29 is 4.74 Å². The van der Waals surface area contributed by atoms with Crippen molar-refractivity contribution >= 4 is 11.6 Å². The first-order valence-corrected chi connectivity index (χ1v) is 6.18. The first-order chi connectivity index (χ1) is 7.66. The quantitative estimate of drug-likeness (QED) is 0.813. The SMILES string of the molecule is Cc1nc(Cl)c(OCC2CCCC2)nc1C. The van der Waals surface area contributed by atoms with Gasteiger partial charge in [0.1, 0.15) is 0 Å². The van der Waals surface area contributed by atoms with Crippen molar-refractivity contribution in [3.8, 4) is 5.88 Å². The Morgan fingerprint density at radius 3 is 2.50 bits per heavy atom. The molecule has 1 aromatic rings. The fourth-order valence-corrected chi connectivity index (χ4v) is 2.24. The Balaban J connectivity index is 2.00. The van der Waals surface area contributed by atoms with Crippen LogP contribution in [0.3, 0.4) is 0 Å². The molecule has 3 nitrogen and oxygen atoms in total. The molecule has 1 aromatic heterocycles. The van der Waals surface area contributed by atoms with E-state index in [1.54, 1.807) is 0 Å². The highest BCUT2D eigenvalue weighted by atomic mass is 35.5. The average molecular weight is 241 g/mol. The van der Waals surface area contributed by atoms with Crippen molar-refractivity contribution in [2.75, 3.05) is 6.61 Å². The summed E-state index contributed by atoms with van der Waals surface area (Å²) in [6.07, 6.45) is 5.16. The summed E-state index contributed by atoms with van der Waals surface area (Å²) in [6.45, 7) is 4.53. The normalized spacial score (nSPS) is 16.7. The second-order valence-corrected chi connectivity index (χ2v) is 4.81. The van der Waals surface area contributed by atoms with Gasteiger partial charge in [-0.05, 0) is 32.6 Å². The Morgan fingerprint density at radius 1 is 1.19 bits per heavy atom. The minimum Gasteiger partial charge on any atom is -0.475 e. The maximum absolute atomic E-state index is 5.99. The molecule has 0 bridgehead atoms. The van der Waals surface area contributed by atoms with Gasteiger partial charge in [0.2, 0.25) is 0 Å². The Bertz CT molecular complexity index is 376. The van der Waals surface area contributed by atoms with Crippen LogP contribution in [0, 0.1) is 19.8 Å². The third kappa shape index (κ3) is 2.64. The highest BCUT2D eigenvalue weighted by Crippen LogP contribution is 2.27. The second kappa shape index (κ2) is 5.00. The predicted molar refractivity (Wildman–Crippen MR) is 64.0 cm³/mol. The number of nitrogens with zero attached hydrogens (tertiary/aromatic N) is 2. The van der Waals surface area contributed by atoms with Gasteiger partial charge in [-0.25, -0.2) is 9.97 Å². The van der Waals surface area contributed by atoms with Gasteiger partial charge in [-0.3, -0.25) is 0 Å². The molecule has 0 atom stereocenters. The molecule has 88 valence electrons. The van der Waals surface area contributed by atoms with Crippen molar-refractivity contribution in [1.29, 1.82) is 0 Å². The summed E-state index contributed by atoms with van der Waals surface area (Å²) in [7, 11) is 0. The van der Waals surface area contributed by atoms with Gasteiger partial charge in [-0.1, -0.05) is 24.4 Å². The smallest absolute Gasteiger partial charge is 0.252 e. The Hall–Kier alpha value is -0.830. The zero-order valence-electron chi connectivity index (χ0n) is 9.79. The summed E-state index contributed by atoms with van der Waals surface area (Å²) < 4.78 is 5.65. The zero-order valence-corrected chi connectivity index (χ0v) is 10.5. The van der Waals surface area contributed by atoms with Crippen LogP contribution in [-0.2, 0) is 0 Å². The minimum absolute atomic E-state index is 0.376. The number of hydrogen-bond donors (Lipinski definition) is 0. The van der Waals surface area contributed by atoms with E-state index in [-0.39, 0.29) is 0 Å². The zero-order chi connectivity index (χ0) is 11.5. The third-order valence-corrected chi connectivity index (χ3v) is 3.41. The fourth-order valence-electron chi connectivity index (χ4n) is 2.02. The van der Waals surface area contributed by atoms with Gasteiger partial charge >= 0.3 is 0 Å². The predicted octanol–water partition coefficient (Wildman–Crippen LogP) is 3.32. The Morgan fingerprint density at radius 2 is 1.81 bits per heavy atom. The molecular weight excluding hydrogens is 224 g/mol.